The van der Waals surface area contributed by atoms with E-state index in [4.69, 9.17) is 10.5 Å². The Hall–Kier alpha value is -2.22. The van der Waals surface area contributed by atoms with E-state index in [0.29, 0.717) is 37.0 Å². The van der Waals surface area contributed by atoms with Gasteiger partial charge in [-0.15, -0.1) is 0 Å². The number of aromatic nitrogens is 5. The van der Waals surface area contributed by atoms with Gasteiger partial charge in [0.15, 0.2) is 11.6 Å². The number of hydrogen-bond acceptors (Lipinski definition) is 7. The van der Waals surface area contributed by atoms with Gasteiger partial charge in [-0.1, -0.05) is 0 Å². The van der Waals surface area contributed by atoms with E-state index < -0.39 is 0 Å². The molecule has 3 N–H and O–H groups in total. The molecule has 0 aromatic carbocycles. The number of ether oxygens (including phenoxy) is 1. The van der Waals surface area contributed by atoms with Gasteiger partial charge in [0.2, 0.25) is 0 Å². The van der Waals surface area contributed by atoms with E-state index in [-0.39, 0.29) is 0 Å². The summed E-state index contributed by atoms with van der Waals surface area (Å²) in [6.45, 7) is 1.01. The normalized spacial score (nSPS) is 10.6. The van der Waals surface area contributed by atoms with Crippen molar-refractivity contribution in [3.8, 4) is 0 Å². The molecule has 2 aromatic rings. The topological polar surface area (TPSA) is 104 Å². The van der Waals surface area contributed by atoms with Crippen LogP contribution < -0.4 is 11.1 Å². The highest BCUT2D eigenvalue weighted by molar-refractivity contribution is 5.44. The zero-order valence-corrected chi connectivity index (χ0v) is 11.0. The molecule has 0 bridgehead atoms. The van der Waals surface area contributed by atoms with Crippen molar-refractivity contribution in [1.82, 2.24) is 24.7 Å². The predicted molar refractivity (Wildman–Crippen MR) is 70.4 cm³/mol. The minimum atomic E-state index is 0.335. The first kappa shape index (κ1) is 13.2. The van der Waals surface area contributed by atoms with Gasteiger partial charge in [-0.3, -0.25) is 4.68 Å². The second kappa shape index (κ2) is 6.10. The third-order valence-electron chi connectivity index (χ3n) is 2.37. The standard InChI is InChI=1S/C11H17N7O/c1-18-7-14-9(17-18)3-4-13-10-5-8(12)15-11(16-10)6-19-2/h5,7H,3-4,6H2,1-2H3,(H3,12,13,15,16). The van der Waals surface area contributed by atoms with Crippen LogP contribution in [0.3, 0.4) is 0 Å². The fraction of sp³-hybridized carbons (Fsp3) is 0.455. The van der Waals surface area contributed by atoms with Crippen LogP contribution in [0.5, 0.6) is 0 Å². The van der Waals surface area contributed by atoms with Crippen molar-refractivity contribution >= 4 is 11.6 Å². The molecule has 0 aliphatic rings. The van der Waals surface area contributed by atoms with Crippen molar-refractivity contribution < 1.29 is 4.74 Å². The summed E-state index contributed by atoms with van der Waals surface area (Å²) < 4.78 is 6.66. The third-order valence-corrected chi connectivity index (χ3v) is 2.37. The van der Waals surface area contributed by atoms with Gasteiger partial charge in [0.05, 0.1) is 0 Å². The lowest BCUT2D eigenvalue weighted by atomic mass is 10.4. The van der Waals surface area contributed by atoms with Gasteiger partial charge in [0.1, 0.15) is 24.6 Å². The van der Waals surface area contributed by atoms with Gasteiger partial charge in [0, 0.05) is 33.2 Å². The fourth-order valence-corrected chi connectivity index (χ4v) is 1.60. The number of hydrogen-bond donors (Lipinski definition) is 2. The van der Waals surface area contributed by atoms with Crippen LogP contribution in [-0.4, -0.2) is 38.4 Å². The van der Waals surface area contributed by atoms with E-state index in [0.717, 1.165) is 5.82 Å². The predicted octanol–water partition coefficient (Wildman–Crippen LogP) is -0.0117. The van der Waals surface area contributed by atoms with Gasteiger partial charge < -0.3 is 15.8 Å². The van der Waals surface area contributed by atoms with Crippen LogP contribution in [0.2, 0.25) is 0 Å². The second-order valence-corrected chi connectivity index (χ2v) is 4.04. The van der Waals surface area contributed by atoms with E-state index in [9.17, 15) is 0 Å². The molecule has 2 heterocycles. The number of nitrogen functional groups attached to an aromatic ring is 1. The highest BCUT2D eigenvalue weighted by atomic mass is 16.5. The van der Waals surface area contributed by atoms with Crippen LogP contribution in [0.15, 0.2) is 12.4 Å². The number of methoxy groups -OCH3 is 1. The zero-order chi connectivity index (χ0) is 13.7. The molecule has 0 fully saturated rings. The lowest BCUT2D eigenvalue weighted by Gasteiger charge is -2.07. The molecule has 0 aliphatic carbocycles. The second-order valence-electron chi connectivity index (χ2n) is 4.04. The highest BCUT2D eigenvalue weighted by Gasteiger charge is 2.03. The molecule has 2 aromatic heterocycles. The Labute approximate surface area is 111 Å². The molecule has 0 saturated heterocycles. The molecule has 0 saturated carbocycles. The number of nitrogens with two attached hydrogens (primary N) is 1. The van der Waals surface area contributed by atoms with Crippen molar-refractivity contribution in [2.45, 2.75) is 13.0 Å². The summed E-state index contributed by atoms with van der Waals surface area (Å²) in [6.07, 6.45) is 2.39. The molecular formula is C11H17N7O. The molecular weight excluding hydrogens is 246 g/mol. The summed E-state index contributed by atoms with van der Waals surface area (Å²) in [6, 6.07) is 1.69. The molecule has 2 rings (SSSR count). The van der Waals surface area contributed by atoms with Crippen molar-refractivity contribution in [3.63, 3.8) is 0 Å². The van der Waals surface area contributed by atoms with Gasteiger partial charge in [-0.05, 0) is 0 Å². The molecule has 8 nitrogen and oxygen atoms in total. The maximum Gasteiger partial charge on any atom is 0.158 e. The van der Waals surface area contributed by atoms with Gasteiger partial charge in [0.25, 0.3) is 0 Å². The van der Waals surface area contributed by atoms with Crippen LogP contribution in [-0.2, 0) is 24.8 Å². The zero-order valence-electron chi connectivity index (χ0n) is 11.0. The Kier molecular flexibility index (Phi) is 4.24. The summed E-state index contributed by atoms with van der Waals surface area (Å²) in [5.41, 5.74) is 5.70. The average molecular weight is 263 g/mol. The number of nitrogens with one attached hydrogen (secondary N) is 1. The Morgan fingerprint density at radius 1 is 1.37 bits per heavy atom. The summed E-state index contributed by atoms with van der Waals surface area (Å²) in [5.74, 6) is 2.44. The van der Waals surface area contributed by atoms with Crippen molar-refractivity contribution in [2.75, 3.05) is 24.7 Å². The maximum absolute atomic E-state index is 5.70. The minimum Gasteiger partial charge on any atom is -0.384 e. The van der Waals surface area contributed by atoms with Crippen LogP contribution in [0.25, 0.3) is 0 Å². The summed E-state index contributed by atoms with van der Waals surface area (Å²) in [4.78, 5) is 12.5. The number of anilines is 2. The third kappa shape index (κ3) is 3.88. The first-order valence-corrected chi connectivity index (χ1v) is 5.88. The van der Waals surface area contributed by atoms with Crippen LogP contribution in [0, 0.1) is 0 Å². The molecule has 0 unspecified atom stereocenters. The van der Waals surface area contributed by atoms with Crippen molar-refractivity contribution in [2.24, 2.45) is 7.05 Å². The first-order chi connectivity index (χ1) is 9.17. The van der Waals surface area contributed by atoms with Crippen molar-refractivity contribution in [3.05, 3.63) is 24.0 Å². The molecule has 0 atom stereocenters. The van der Waals surface area contributed by atoms with E-state index >= 15 is 0 Å². The number of rotatable bonds is 6. The summed E-state index contributed by atoms with van der Waals surface area (Å²) in [7, 11) is 3.43. The fourth-order valence-electron chi connectivity index (χ4n) is 1.60. The molecule has 8 heteroatoms. The van der Waals surface area contributed by atoms with Gasteiger partial charge in [-0.25, -0.2) is 15.0 Å². The first-order valence-electron chi connectivity index (χ1n) is 5.88. The molecule has 19 heavy (non-hydrogen) atoms. The van der Waals surface area contributed by atoms with Crippen LogP contribution in [0.1, 0.15) is 11.6 Å². The monoisotopic (exact) mass is 263 g/mol. The SMILES string of the molecule is COCc1nc(N)cc(NCCc2ncn(C)n2)n1. The maximum atomic E-state index is 5.70. The molecule has 0 aliphatic heterocycles. The average Bonchev–Trinajstić information content (AvgIpc) is 2.75. The van der Waals surface area contributed by atoms with E-state index in [1.54, 1.807) is 24.2 Å². The Bertz CT molecular complexity index is 540. The Morgan fingerprint density at radius 2 is 2.21 bits per heavy atom. The molecule has 102 valence electrons. The molecule has 0 amide bonds. The number of nitrogens with zero attached hydrogens (tertiary/aromatic N) is 5. The largest absolute Gasteiger partial charge is 0.384 e. The molecule has 0 radical (unpaired) electrons. The smallest absolute Gasteiger partial charge is 0.158 e. The Balaban J connectivity index is 1.91. The summed E-state index contributed by atoms with van der Waals surface area (Å²) >= 11 is 0. The van der Waals surface area contributed by atoms with Crippen molar-refractivity contribution in [1.29, 1.82) is 0 Å². The lowest BCUT2D eigenvalue weighted by Crippen LogP contribution is -2.10. The van der Waals surface area contributed by atoms with E-state index in [1.165, 1.54) is 0 Å². The van der Waals surface area contributed by atoms with Gasteiger partial charge >= 0.3 is 0 Å². The van der Waals surface area contributed by atoms with Crippen LogP contribution in [0.4, 0.5) is 11.6 Å². The Morgan fingerprint density at radius 3 is 2.89 bits per heavy atom. The van der Waals surface area contributed by atoms with E-state index in [2.05, 4.69) is 25.4 Å². The number of aryl methyl sites for hydroxylation is 1. The van der Waals surface area contributed by atoms with Crippen LogP contribution >= 0.6 is 0 Å². The lowest BCUT2D eigenvalue weighted by molar-refractivity contribution is 0.178. The van der Waals surface area contributed by atoms with Gasteiger partial charge in [-0.2, -0.15) is 5.10 Å². The molecule has 0 spiro atoms. The quantitative estimate of drug-likeness (QED) is 0.755. The summed E-state index contributed by atoms with van der Waals surface area (Å²) in [5, 5.41) is 7.36. The minimum absolute atomic E-state index is 0.335. The van der Waals surface area contributed by atoms with E-state index in [1.807, 2.05) is 7.05 Å². The highest BCUT2D eigenvalue weighted by Crippen LogP contribution is 2.08.